The molecule has 0 radical (unpaired) electrons. The van der Waals surface area contributed by atoms with Crippen molar-refractivity contribution in [1.29, 1.82) is 0 Å². The average molecular weight is 264 g/mol. The molecule has 2 atom stereocenters. The van der Waals surface area contributed by atoms with Crippen molar-refractivity contribution >= 4 is 5.91 Å². The quantitative estimate of drug-likeness (QED) is 0.665. The number of aryl methyl sites for hydroxylation is 1. The van der Waals surface area contributed by atoms with E-state index in [4.69, 9.17) is 4.74 Å². The molecule has 1 saturated heterocycles. The zero-order valence-electron chi connectivity index (χ0n) is 11.1. The van der Waals surface area contributed by atoms with Crippen molar-refractivity contribution in [1.82, 2.24) is 10.6 Å². The van der Waals surface area contributed by atoms with Crippen LogP contribution in [0.1, 0.15) is 12.0 Å². The molecule has 3 N–H and O–H groups in total. The van der Waals surface area contributed by atoms with E-state index in [0.717, 1.165) is 11.3 Å². The smallest absolute Gasteiger partial charge is 0.237 e. The number of ether oxygens (including phenoxy) is 1. The summed E-state index contributed by atoms with van der Waals surface area (Å²) >= 11 is 0. The Balaban J connectivity index is 1.65. The van der Waals surface area contributed by atoms with Crippen LogP contribution in [0.5, 0.6) is 5.75 Å². The molecular formula is C14H20N2O3. The molecule has 1 aromatic carbocycles. The fourth-order valence-corrected chi connectivity index (χ4v) is 2.09. The third-order valence-corrected chi connectivity index (χ3v) is 3.08. The number of aliphatic hydroxyl groups excluding tert-OH is 1. The van der Waals surface area contributed by atoms with E-state index in [9.17, 15) is 9.90 Å². The summed E-state index contributed by atoms with van der Waals surface area (Å²) in [6.45, 7) is 3.38. The van der Waals surface area contributed by atoms with E-state index in [1.807, 2.05) is 31.2 Å². The molecule has 1 heterocycles. The maximum atomic E-state index is 11.7. The lowest BCUT2D eigenvalue weighted by Crippen LogP contribution is -2.41. The van der Waals surface area contributed by atoms with Gasteiger partial charge in [0.05, 0.1) is 18.7 Å². The van der Waals surface area contributed by atoms with Gasteiger partial charge in [0, 0.05) is 6.54 Å². The largest absolute Gasteiger partial charge is 0.492 e. The van der Waals surface area contributed by atoms with Gasteiger partial charge < -0.3 is 20.5 Å². The molecule has 1 aliphatic heterocycles. The standard InChI is InChI=1S/C14H20N2O3/c1-10-3-2-4-12(7-10)19-6-5-15-14(18)13-8-11(17)9-16-13/h2-4,7,11,13,16-17H,5-6,8-9H2,1H3,(H,15,18)/t11-,13+/m1/s1. The van der Waals surface area contributed by atoms with Gasteiger partial charge in [-0.2, -0.15) is 0 Å². The molecule has 0 saturated carbocycles. The van der Waals surface area contributed by atoms with Crippen molar-refractivity contribution in [3.05, 3.63) is 29.8 Å². The molecule has 1 aromatic rings. The van der Waals surface area contributed by atoms with Gasteiger partial charge in [0.1, 0.15) is 12.4 Å². The van der Waals surface area contributed by atoms with Crippen LogP contribution in [-0.4, -0.2) is 42.9 Å². The normalized spacial score (nSPS) is 22.2. The summed E-state index contributed by atoms with van der Waals surface area (Å²) < 4.78 is 5.54. The number of amides is 1. The molecule has 19 heavy (non-hydrogen) atoms. The number of rotatable bonds is 5. The van der Waals surface area contributed by atoms with Crippen molar-refractivity contribution in [3.63, 3.8) is 0 Å². The second-order valence-electron chi connectivity index (χ2n) is 4.81. The highest BCUT2D eigenvalue weighted by molar-refractivity contribution is 5.82. The third kappa shape index (κ3) is 4.22. The minimum Gasteiger partial charge on any atom is -0.492 e. The molecule has 0 aromatic heterocycles. The van der Waals surface area contributed by atoms with Crippen LogP contribution < -0.4 is 15.4 Å². The highest BCUT2D eigenvalue weighted by Crippen LogP contribution is 2.11. The SMILES string of the molecule is Cc1cccc(OCCNC(=O)[C@@H]2C[C@@H](O)CN2)c1. The van der Waals surface area contributed by atoms with E-state index in [-0.39, 0.29) is 11.9 Å². The summed E-state index contributed by atoms with van der Waals surface area (Å²) in [5.41, 5.74) is 1.14. The lowest BCUT2D eigenvalue weighted by Gasteiger charge is -2.11. The first kappa shape index (κ1) is 13.8. The summed E-state index contributed by atoms with van der Waals surface area (Å²) in [5.74, 6) is 0.730. The van der Waals surface area contributed by atoms with Crippen LogP contribution in [0.3, 0.4) is 0 Å². The van der Waals surface area contributed by atoms with Gasteiger partial charge in [0.15, 0.2) is 0 Å². The highest BCUT2D eigenvalue weighted by atomic mass is 16.5. The Kier molecular flexibility index (Phi) is 4.76. The predicted molar refractivity (Wildman–Crippen MR) is 72.1 cm³/mol. The Hall–Kier alpha value is -1.59. The van der Waals surface area contributed by atoms with E-state index < -0.39 is 6.10 Å². The van der Waals surface area contributed by atoms with Gasteiger partial charge in [-0.05, 0) is 31.0 Å². The lowest BCUT2D eigenvalue weighted by atomic mass is 10.2. The molecule has 1 amide bonds. The summed E-state index contributed by atoms with van der Waals surface area (Å²) in [7, 11) is 0. The first-order valence-corrected chi connectivity index (χ1v) is 6.54. The topological polar surface area (TPSA) is 70.6 Å². The minimum atomic E-state index is -0.417. The van der Waals surface area contributed by atoms with Gasteiger partial charge in [-0.25, -0.2) is 0 Å². The summed E-state index contributed by atoms with van der Waals surface area (Å²) in [4.78, 5) is 11.7. The second-order valence-corrected chi connectivity index (χ2v) is 4.81. The average Bonchev–Trinajstić information content (AvgIpc) is 2.81. The van der Waals surface area contributed by atoms with Gasteiger partial charge in [-0.15, -0.1) is 0 Å². The predicted octanol–water partition coefficient (Wildman–Crippen LogP) is 0.213. The van der Waals surface area contributed by atoms with Gasteiger partial charge in [0.25, 0.3) is 0 Å². The first-order chi connectivity index (χ1) is 9.15. The van der Waals surface area contributed by atoms with Crippen molar-refractivity contribution in [3.8, 4) is 5.75 Å². The maximum absolute atomic E-state index is 11.7. The monoisotopic (exact) mass is 264 g/mol. The van der Waals surface area contributed by atoms with Gasteiger partial charge in [-0.3, -0.25) is 4.79 Å². The Morgan fingerprint density at radius 3 is 3.11 bits per heavy atom. The van der Waals surface area contributed by atoms with E-state index in [0.29, 0.717) is 26.1 Å². The molecule has 1 fully saturated rings. The van der Waals surface area contributed by atoms with Crippen LogP contribution >= 0.6 is 0 Å². The number of hydrogen-bond acceptors (Lipinski definition) is 4. The maximum Gasteiger partial charge on any atom is 0.237 e. The first-order valence-electron chi connectivity index (χ1n) is 6.54. The fourth-order valence-electron chi connectivity index (χ4n) is 2.09. The van der Waals surface area contributed by atoms with Gasteiger partial charge >= 0.3 is 0 Å². The molecule has 5 heteroatoms. The minimum absolute atomic E-state index is 0.0793. The molecule has 1 aliphatic rings. The highest BCUT2D eigenvalue weighted by Gasteiger charge is 2.27. The Bertz CT molecular complexity index is 436. The van der Waals surface area contributed by atoms with E-state index in [2.05, 4.69) is 10.6 Å². The summed E-state index contributed by atoms with van der Waals surface area (Å²) in [5, 5.41) is 15.1. The third-order valence-electron chi connectivity index (χ3n) is 3.08. The van der Waals surface area contributed by atoms with Crippen molar-refractivity contribution in [2.45, 2.75) is 25.5 Å². The fraction of sp³-hybridized carbons (Fsp3) is 0.500. The summed E-state index contributed by atoms with van der Waals surface area (Å²) in [6.07, 6.45) is 0.0594. The molecule has 5 nitrogen and oxygen atoms in total. The second kappa shape index (κ2) is 6.54. The Morgan fingerprint density at radius 2 is 2.42 bits per heavy atom. The molecular weight excluding hydrogens is 244 g/mol. The van der Waals surface area contributed by atoms with Crippen molar-refractivity contribution < 1.29 is 14.6 Å². The van der Waals surface area contributed by atoms with Crippen LogP contribution in [0.4, 0.5) is 0 Å². The van der Waals surface area contributed by atoms with Crippen LogP contribution in [0.25, 0.3) is 0 Å². The van der Waals surface area contributed by atoms with Gasteiger partial charge in [-0.1, -0.05) is 12.1 Å². The van der Waals surface area contributed by atoms with Crippen LogP contribution in [-0.2, 0) is 4.79 Å². The van der Waals surface area contributed by atoms with Crippen LogP contribution in [0.15, 0.2) is 24.3 Å². The molecule has 0 spiro atoms. The Labute approximate surface area is 113 Å². The number of β-amino-alcohol motifs (C(OH)–C–C–N with tert-alkyl or cyclic N) is 1. The van der Waals surface area contributed by atoms with Crippen molar-refractivity contribution in [2.24, 2.45) is 0 Å². The zero-order valence-corrected chi connectivity index (χ0v) is 11.1. The number of nitrogens with one attached hydrogen (secondary N) is 2. The number of carbonyl (C=O) groups excluding carboxylic acids is 1. The van der Waals surface area contributed by atoms with E-state index >= 15 is 0 Å². The number of benzene rings is 1. The van der Waals surface area contributed by atoms with E-state index in [1.165, 1.54) is 0 Å². The number of carbonyl (C=O) groups is 1. The molecule has 0 aliphatic carbocycles. The molecule has 0 bridgehead atoms. The van der Waals surface area contributed by atoms with E-state index in [1.54, 1.807) is 0 Å². The molecule has 104 valence electrons. The number of hydrogen-bond donors (Lipinski definition) is 3. The molecule has 0 unspecified atom stereocenters. The van der Waals surface area contributed by atoms with Crippen LogP contribution in [0.2, 0.25) is 0 Å². The molecule has 2 rings (SSSR count). The summed E-state index contributed by atoms with van der Waals surface area (Å²) in [6, 6.07) is 7.51. The van der Waals surface area contributed by atoms with Crippen LogP contribution in [0, 0.1) is 6.92 Å². The Morgan fingerprint density at radius 1 is 1.58 bits per heavy atom. The number of aliphatic hydroxyl groups is 1. The van der Waals surface area contributed by atoms with Crippen molar-refractivity contribution in [2.75, 3.05) is 19.7 Å². The zero-order chi connectivity index (χ0) is 13.7. The lowest BCUT2D eigenvalue weighted by molar-refractivity contribution is -0.123. The van der Waals surface area contributed by atoms with Gasteiger partial charge in [0.2, 0.25) is 5.91 Å².